The van der Waals surface area contributed by atoms with Crippen molar-refractivity contribution >= 4 is 6.03 Å². The zero-order valence-corrected chi connectivity index (χ0v) is 11.7. The van der Waals surface area contributed by atoms with Crippen LogP contribution in [0.1, 0.15) is 0 Å². The van der Waals surface area contributed by atoms with Gasteiger partial charge in [0.05, 0.1) is 26.5 Å². The topological polar surface area (TPSA) is 69.5 Å². The number of hydrogen-bond donors (Lipinski definition) is 0. The van der Waals surface area contributed by atoms with E-state index < -0.39 is 0 Å². The zero-order chi connectivity index (χ0) is 14.7. The van der Waals surface area contributed by atoms with Crippen LogP contribution in [-0.2, 0) is 4.74 Å². The summed E-state index contributed by atoms with van der Waals surface area (Å²) in [5.41, 5.74) is 1.54. The van der Waals surface area contributed by atoms with Gasteiger partial charge in [-0.2, -0.15) is 4.68 Å². The number of carbonyl (C=O) groups excluding carboxylic acids is 1. The quantitative estimate of drug-likeness (QED) is 0.832. The van der Waals surface area contributed by atoms with Gasteiger partial charge >= 0.3 is 6.03 Å². The van der Waals surface area contributed by atoms with E-state index in [4.69, 9.17) is 9.47 Å². The van der Waals surface area contributed by atoms with Crippen molar-refractivity contribution in [2.75, 3.05) is 33.4 Å². The number of carbonyl (C=O) groups is 1. The van der Waals surface area contributed by atoms with E-state index in [1.165, 1.54) is 4.68 Å². The molecule has 1 aliphatic heterocycles. The Labute approximate surface area is 122 Å². The van der Waals surface area contributed by atoms with Gasteiger partial charge in [0.2, 0.25) is 0 Å². The molecule has 0 unspecified atom stereocenters. The van der Waals surface area contributed by atoms with E-state index >= 15 is 0 Å². The van der Waals surface area contributed by atoms with E-state index in [-0.39, 0.29) is 6.03 Å². The van der Waals surface area contributed by atoms with Crippen molar-refractivity contribution in [1.82, 2.24) is 19.9 Å². The summed E-state index contributed by atoms with van der Waals surface area (Å²) >= 11 is 0. The molecule has 0 radical (unpaired) electrons. The Morgan fingerprint density at radius 3 is 2.62 bits per heavy atom. The minimum Gasteiger partial charge on any atom is -0.497 e. The summed E-state index contributed by atoms with van der Waals surface area (Å²) in [5.74, 6) is 0.774. The fourth-order valence-corrected chi connectivity index (χ4v) is 2.15. The second kappa shape index (κ2) is 5.92. The molecule has 1 aromatic heterocycles. The van der Waals surface area contributed by atoms with Crippen LogP contribution in [-0.4, -0.2) is 59.3 Å². The van der Waals surface area contributed by atoms with Gasteiger partial charge in [-0.25, -0.2) is 4.79 Å². The lowest BCUT2D eigenvalue weighted by Crippen LogP contribution is -2.43. The van der Waals surface area contributed by atoms with Crippen LogP contribution in [0, 0.1) is 0 Å². The third-order valence-electron chi connectivity index (χ3n) is 3.36. The Morgan fingerprint density at radius 1 is 1.24 bits per heavy atom. The van der Waals surface area contributed by atoms with Crippen LogP contribution < -0.4 is 4.74 Å². The predicted molar refractivity (Wildman–Crippen MR) is 75.2 cm³/mol. The summed E-state index contributed by atoms with van der Waals surface area (Å²) in [6, 6.07) is 7.28. The van der Waals surface area contributed by atoms with Crippen molar-refractivity contribution in [2.24, 2.45) is 0 Å². The maximum atomic E-state index is 12.3. The molecule has 1 amide bonds. The predicted octanol–water partition coefficient (Wildman–Crippen LogP) is 1.25. The van der Waals surface area contributed by atoms with Gasteiger partial charge in [-0.3, -0.25) is 0 Å². The molecular weight excluding hydrogens is 272 g/mol. The molecule has 0 N–H and O–H groups in total. The lowest BCUT2D eigenvalue weighted by Gasteiger charge is -2.25. The second-order valence-electron chi connectivity index (χ2n) is 4.66. The highest BCUT2D eigenvalue weighted by atomic mass is 16.5. The number of aromatic nitrogens is 3. The molecular formula is C14H16N4O3. The van der Waals surface area contributed by atoms with E-state index in [0.717, 1.165) is 11.3 Å². The number of amides is 1. The van der Waals surface area contributed by atoms with Gasteiger partial charge in [0.1, 0.15) is 11.4 Å². The van der Waals surface area contributed by atoms with E-state index in [1.807, 2.05) is 24.3 Å². The third-order valence-corrected chi connectivity index (χ3v) is 3.36. The minimum absolute atomic E-state index is 0.175. The van der Waals surface area contributed by atoms with E-state index in [0.29, 0.717) is 32.0 Å². The second-order valence-corrected chi connectivity index (χ2v) is 4.66. The smallest absolute Gasteiger partial charge is 0.346 e. The van der Waals surface area contributed by atoms with Crippen molar-refractivity contribution in [3.05, 3.63) is 30.5 Å². The van der Waals surface area contributed by atoms with E-state index in [1.54, 1.807) is 18.2 Å². The van der Waals surface area contributed by atoms with Crippen LogP contribution >= 0.6 is 0 Å². The molecule has 0 atom stereocenters. The van der Waals surface area contributed by atoms with Gasteiger partial charge in [0.25, 0.3) is 0 Å². The summed E-state index contributed by atoms with van der Waals surface area (Å²) in [4.78, 5) is 14.0. The number of hydrogen-bond acceptors (Lipinski definition) is 5. The molecule has 1 fully saturated rings. The largest absolute Gasteiger partial charge is 0.497 e. The number of rotatable bonds is 2. The SMILES string of the molecule is COc1ccc(-c2cn(C(=O)N3CCOCC3)nn2)cc1. The molecule has 0 saturated carbocycles. The highest BCUT2D eigenvalue weighted by molar-refractivity contribution is 5.77. The molecule has 21 heavy (non-hydrogen) atoms. The maximum Gasteiger partial charge on any atom is 0.346 e. The first kappa shape index (κ1) is 13.6. The Balaban J connectivity index is 1.77. The van der Waals surface area contributed by atoms with Crippen molar-refractivity contribution in [3.63, 3.8) is 0 Å². The Kier molecular flexibility index (Phi) is 3.83. The number of methoxy groups -OCH3 is 1. The molecule has 0 spiro atoms. The van der Waals surface area contributed by atoms with E-state index in [9.17, 15) is 4.79 Å². The van der Waals surface area contributed by atoms with Gasteiger partial charge in [-0.1, -0.05) is 5.21 Å². The van der Waals surface area contributed by atoms with Crippen LogP contribution in [0.25, 0.3) is 11.3 Å². The number of morpholine rings is 1. The zero-order valence-electron chi connectivity index (χ0n) is 11.7. The first-order chi connectivity index (χ1) is 10.3. The molecule has 110 valence electrons. The van der Waals surface area contributed by atoms with E-state index in [2.05, 4.69) is 10.3 Å². The summed E-state index contributed by atoms with van der Waals surface area (Å²) in [6.45, 7) is 2.28. The summed E-state index contributed by atoms with van der Waals surface area (Å²) in [5, 5.41) is 7.96. The molecule has 1 aliphatic rings. The first-order valence-corrected chi connectivity index (χ1v) is 6.72. The molecule has 0 bridgehead atoms. The molecule has 1 aromatic carbocycles. The Morgan fingerprint density at radius 2 is 1.95 bits per heavy atom. The Hall–Kier alpha value is -2.41. The van der Waals surface area contributed by atoms with Crippen LogP contribution in [0.2, 0.25) is 0 Å². The molecule has 7 heteroatoms. The number of ether oxygens (including phenoxy) is 2. The van der Waals surface area contributed by atoms with Crippen LogP contribution in [0.15, 0.2) is 30.5 Å². The molecule has 0 aliphatic carbocycles. The standard InChI is InChI=1S/C14H16N4O3/c1-20-12-4-2-11(3-5-12)13-10-18(16-15-13)14(19)17-6-8-21-9-7-17/h2-5,10H,6-9H2,1H3. The Bertz CT molecular complexity index is 617. The third kappa shape index (κ3) is 2.87. The van der Waals surface area contributed by atoms with Gasteiger partial charge in [-0.05, 0) is 24.3 Å². The highest BCUT2D eigenvalue weighted by Crippen LogP contribution is 2.20. The lowest BCUT2D eigenvalue weighted by atomic mass is 10.2. The van der Waals surface area contributed by atoms with Gasteiger partial charge < -0.3 is 14.4 Å². The normalized spacial score (nSPS) is 15.0. The maximum absolute atomic E-state index is 12.3. The fourth-order valence-electron chi connectivity index (χ4n) is 2.15. The lowest BCUT2D eigenvalue weighted by molar-refractivity contribution is 0.0527. The van der Waals surface area contributed by atoms with Crippen molar-refractivity contribution in [1.29, 1.82) is 0 Å². The van der Waals surface area contributed by atoms with Crippen LogP contribution in [0.5, 0.6) is 5.75 Å². The molecule has 2 heterocycles. The number of nitrogens with zero attached hydrogens (tertiary/aromatic N) is 4. The summed E-state index contributed by atoms with van der Waals surface area (Å²) in [7, 11) is 1.62. The van der Waals surface area contributed by atoms with Gasteiger partial charge in [0, 0.05) is 18.7 Å². The summed E-state index contributed by atoms with van der Waals surface area (Å²) < 4.78 is 11.6. The highest BCUT2D eigenvalue weighted by Gasteiger charge is 2.20. The fraction of sp³-hybridized carbons (Fsp3) is 0.357. The van der Waals surface area contributed by atoms with Crippen molar-refractivity contribution in [2.45, 2.75) is 0 Å². The minimum atomic E-state index is -0.175. The summed E-state index contributed by atoms with van der Waals surface area (Å²) in [6.07, 6.45) is 1.64. The average Bonchev–Trinajstić information content (AvgIpc) is 3.05. The van der Waals surface area contributed by atoms with Gasteiger partial charge in [0.15, 0.2) is 0 Å². The van der Waals surface area contributed by atoms with Gasteiger partial charge in [-0.15, -0.1) is 5.10 Å². The van der Waals surface area contributed by atoms with Crippen molar-refractivity contribution in [3.8, 4) is 17.0 Å². The van der Waals surface area contributed by atoms with Crippen molar-refractivity contribution < 1.29 is 14.3 Å². The molecule has 3 rings (SSSR count). The van der Waals surface area contributed by atoms with Crippen LogP contribution in [0.4, 0.5) is 4.79 Å². The molecule has 7 nitrogen and oxygen atoms in total. The first-order valence-electron chi connectivity index (χ1n) is 6.72. The monoisotopic (exact) mass is 288 g/mol. The van der Waals surface area contributed by atoms with Crippen LogP contribution in [0.3, 0.4) is 0 Å². The number of benzene rings is 1. The average molecular weight is 288 g/mol. The molecule has 2 aromatic rings. The molecule has 1 saturated heterocycles.